The van der Waals surface area contributed by atoms with E-state index in [1.54, 1.807) is 12.4 Å². The molecule has 1 aromatic heterocycles. The molecule has 7 heteroatoms. The van der Waals surface area contributed by atoms with Crippen molar-refractivity contribution in [3.05, 3.63) is 16.3 Å². The van der Waals surface area contributed by atoms with Crippen molar-refractivity contribution < 1.29 is 17.9 Å². The van der Waals surface area contributed by atoms with Gasteiger partial charge in [0.2, 0.25) is 10.0 Å². The van der Waals surface area contributed by atoms with Crippen LogP contribution in [-0.4, -0.2) is 38.9 Å². The number of carbonyl (C=O) groups excluding carboxylic acids is 1. The second-order valence-corrected chi connectivity index (χ2v) is 6.98. The van der Waals surface area contributed by atoms with E-state index in [0.29, 0.717) is 0 Å². The lowest BCUT2D eigenvalue weighted by Gasteiger charge is -2.25. The minimum atomic E-state index is -3.66. The predicted molar refractivity (Wildman–Crippen MR) is 75.0 cm³/mol. The maximum absolute atomic E-state index is 12.5. The third-order valence-corrected chi connectivity index (χ3v) is 6.09. The molecule has 0 aliphatic heterocycles. The molecule has 0 N–H and O–H groups in total. The fourth-order valence-corrected chi connectivity index (χ4v) is 4.71. The Balaban J connectivity index is 3.21. The van der Waals surface area contributed by atoms with Gasteiger partial charge in [0.25, 0.3) is 0 Å². The fourth-order valence-electron chi connectivity index (χ4n) is 1.90. The van der Waals surface area contributed by atoms with Crippen LogP contribution in [0.1, 0.15) is 36.4 Å². The summed E-state index contributed by atoms with van der Waals surface area (Å²) in [5, 5.41) is 1.58. The molecule has 0 radical (unpaired) electrons. The van der Waals surface area contributed by atoms with Crippen LogP contribution < -0.4 is 0 Å². The first-order chi connectivity index (χ1) is 8.89. The minimum absolute atomic E-state index is 0.0266. The molecule has 0 unspecified atom stereocenters. The molecule has 5 nitrogen and oxygen atoms in total. The van der Waals surface area contributed by atoms with Crippen LogP contribution in [0.15, 0.2) is 16.3 Å². The second kappa shape index (κ2) is 6.49. The van der Waals surface area contributed by atoms with Crippen molar-refractivity contribution >= 4 is 27.3 Å². The molecule has 108 valence electrons. The van der Waals surface area contributed by atoms with Crippen LogP contribution in [0.25, 0.3) is 0 Å². The summed E-state index contributed by atoms with van der Waals surface area (Å²) in [6, 6.07) is 1.38. The van der Waals surface area contributed by atoms with Gasteiger partial charge in [-0.25, -0.2) is 13.2 Å². The van der Waals surface area contributed by atoms with Crippen molar-refractivity contribution in [3.8, 4) is 0 Å². The van der Waals surface area contributed by atoms with E-state index in [1.807, 2.05) is 13.8 Å². The van der Waals surface area contributed by atoms with E-state index in [4.69, 9.17) is 0 Å². The Morgan fingerprint density at radius 3 is 2.47 bits per heavy atom. The predicted octanol–water partition coefficient (Wildman–Crippen LogP) is 2.34. The number of ether oxygens (including phenoxy) is 1. The third-order valence-electron chi connectivity index (χ3n) is 3.11. The van der Waals surface area contributed by atoms with E-state index in [-0.39, 0.29) is 15.8 Å². The minimum Gasteiger partial charge on any atom is -0.465 e. The number of hydrogen-bond acceptors (Lipinski definition) is 5. The molecular formula is C12H19NO4S2. The third kappa shape index (κ3) is 3.16. The number of sulfonamides is 1. The average Bonchev–Trinajstić information content (AvgIpc) is 2.89. The SMILES string of the molecule is CCC(CC)N(C)S(=O)(=O)c1ccsc1C(=O)OC. The van der Waals surface area contributed by atoms with Crippen molar-refractivity contribution in [3.63, 3.8) is 0 Å². The van der Waals surface area contributed by atoms with Crippen LogP contribution >= 0.6 is 11.3 Å². The molecule has 0 saturated carbocycles. The first-order valence-electron chi connectivity index (χ1n) is 6.03. The van der Waals surface area contributed by atoms with E-state index in [9.17, 15) is 13.2 Å². The molecule has 0 aliphatic rings. The van der Waals surface area contributed by atoms with E-state index in [0.717, 1.165) is 24.2 Å². The lowest BCUT2D eigenvalue weighted by atomic mass is 10.2. The molecular weight excluding hydrogens is 286 g/mol. The number of hydrogen-bond donors (Lipinski definition) is 0. The standard InChI is InChI=1S/C12H19NO4S2/c1-5-9(6-2)13(3)19(15,16)10-7-8-18-11(10)12(14)17-4/h7-9H,5-6H2,1-4H3. The van der Waals surface area contributed by atoms with Crippen molar-refractivity contribution in [2.24, 2.45) is 0 Å². The number of esters is 1. The van der Waals surface area contributed by atoms with Crippen LogP contribution in [0.4, 0.5) is 0 Å². The second-order valence-electron chi connectivity index (χ2n) is 4.10. The molecule has 0 aliphatic carbocycles. The van der Waals surface area contributed by atoms with Gasteiger partial charge in [-0.05, 0) is 24.3 Å². The highest BCUT2D eigenvalue weighted by molar-refractivity contribution is 7.89. The number of methoxy groups -OCH3 is 1. The van der Waals surface area contributed by atoms with E-state index < -0.39 is 16.0 Å². The van der Waals surface area contributed by atoms with Crippen molar-refractivity contribution in [2.75, 3.05) is 14.2 Å². The Kier molecular flexibility index (Phi) is 5.51. The molecule has 0 aromatic carbocycles. The zero-order valence-electron chi connectivity index (χ0n) is 11.5. The highest BCUT2D eigenvalue weighted by Crippen LogP contribution is 2.27. The summed E-state index contributed by atoms with van der Waals surface area (Å²) in [5.74, 6) is -0.619. The van der Waals surface area contributed by atoms with Gasteiger partial charge in [-0.1, -0.05) is 13.8 Å². The molecule has 0 amide bonds. The molecule has 1 rings (SSSR count). The summed E-state index contributed by atoms with van der Waals surface area (Å²) in [4.78, 5) is 11.7. The molecule has 1 heterocycles. The van der Waals surface area contributed by atoms with Crippen LogP contribution in [0.5, 0.6) is 0 Å². The molecule has 0 fully saturated rings. The maximum atomic E-state index is 12.5. The van der Waals surface area contributed by atoms with Gasteiger partial charge in [-0.15, -0.1) is 11.3 Å². The summed E-state index contributed by atoms with van der Waals surface area (Å²) in [6.07, 6.45) is 1.45. The Bertz CT molecular complexity index is 532. The zero-order valence-corrected chi connectivity index (χ0v) is 13.2. The molecule has 0 atom stereocenters. The van der Waals surface area contributed by atoms with Gasteiger partial charge >= 0.3 is 5.97 Å². The van der Waals surface area contributed by atoms with Crippen LogP contribution in [0, 0.1) is 0 Å². The normalized spacial score (nSPS) is 12.1. The average molecular weight is 305 g/mol. The van der Waals surface area contributed by atoms with Crippen LogP contribution in [0.3, 0.4) is 0 Å². The largest absolute Gasteiger partial charge is 0.465 e. The number of rotatable bonds is 6. The van der Waals surface area contributed by atoms with Gasteiger partial charge in [0.05, 0.1) is 7.11 Å². The molecule has 1 aromatic rings. The van der Waals surface area contributed by atoms with Gasteiger partial charge in [0.1, 0.15) is 9.77 Å². The Labute approximate surface area is 118 Å². The monoisotopic (exact) mass is 305 g/mol. The summed E-state index contributed by atoms with van der Waals surface area (Å²) in [6.45, 7) is 3.88. The maximum Gasteiger partial charge on any atom is 0.349 e. The van der Waals surface area contributed by atoms with Gasteiger partial charge in [0, 0.05) is 13.1 Å². The topological polar surface area (TPSA) is 63.7 Å². The van der Waals surface area contributed by atoms with Gasteiger partial charge in [-0.2, -0.15) is 4.31 Å². The lowest BCUT2D eigenvalue weighted by molar-refractivity contribution is 0.0602. The molecule has 0 bridgehead atoms. The first kappa shape index (κ1) is 16.1. The first-order valence-corrected chi connectivity index (χ1v) is 8.35. The number of nitrogens with zero attached hydrogens (tertiary/aromatic N) is 1. The summed E-state index contributed by atoms with van der Waals surface area (Å²) >= 11 is 1.07. The van der Waals surface area contributed by atoms with Gasteiger partial charge < -0.3 is 4.74 Å². The Morgan fingerprint density at radius 2 is 2.00 bits per heavy atom. The van der Waals surface area contributed by atoms with Crippen molar-refractivity contribution in [1.82, 2.24) is 4.31 Å². The molecule has 19 heavy (non-hydrogen) atoms. The van der Waals surface area contributed by atoms with E-state index in [2.05, 4.69) is 4.74 Å². The van der Waals surface area contributed by atoms with E-state index in [1.165, 1.54) is 17.5 Å². The number of carbonyl (C=O) groups is 1. The van der Waals surface area contributed by atoms with Gasteiger partial charge in [0.15, 0.2) is 0 Å². The zero-order chi connectivity index (χ0) is 14.6. The summed E-state index contributed by atoms with van der Waals surface area (Å²) in [7, 11) is -0.875. The highest BCUT2D eigenvalue weighted by Gasteiger charge is 2.31. The Hall–Kier alpha value is -0.920. The van der Waals surface area contributed by atoms with Crippen LogP contribution in [0.2, 0.25) is 0 Å². The lowest BCUT2D eigenvalue weighted by Crippen LogP contribution is -2.36. The van der Waals surface area contributed by atoms with Gasteiger partial charge in [-0.3, -0.25) is 0 Å². The Morgan fingerprint density at radius 1 is 1.42 bits per heavy atom. The summed E-state index contributed by atoms with van der Waals surface area (Å²) in [5.41, 5.74) is 0. The molecule has 0 spiro atoms. The summed E-state index contributed by atoms with van der Waals surface area (Å²) < 4.78 is 31.0. The quantitative estimate of drug-likeness (QED) is 0.757. The smallest absolute Gasteiger partial charge is 0.349 e. The number of thiophene rings is 1. The van der Waals surface area contributed by atoms with E-state index >= 15 is 0 Å². The van der Waals surface area contributed by atoms with Crippen LogP contribution in [-0.2, 0) is 14.8 Å². The highest BCUT2D eigenvalue weighted by atomic mass is 32.2. The fraction of sp³-hybridized carbons (Fsp3) is 0.583. The van der Waals surface area contributed by atoms with Crippen molar-refractivity contribution in [1.29, 1.82) is 0 Å². The van der Waals surface area contributed by atoms with Crippen molar-refractivity contribution in [2.45, 2.75) is 37.6 Å². The molecule has 0 saturated heterocycles.